The number of aromatic nitrogens is 2. The first-order valence-electron chi connectivity index (χ1n) is 6.82. The second-order valence-electron chi connectivity index (χ2n) is 5.51. The van der Waals surface area contributed by atoms with Crippen molar-refractivity contribution in [3.05, 3.63) is 35.7 Å². The van der Waals surface area contributed by atoms with Gasteiger partial charge in [0.15, 0.2) is 0 Å². The van der Waals surface area contributed by atoms with Gasteiger partial charge in [-0.2, -0.15) is 4.98 Å². The van der Waals surface area contributed by atoms with Gasteiger partial charge in [0.05, 0.1) is 6.04 Å². The van der Waals surface area contributed by atoms with Crippen LogP contribution in [-0.2, 0) is 6.54 Å². The van der Waals surface area contributed by atoms with Crippen molar-refractivity contribution in [3.8, 4) is 11.4 Å². The van der Waals surface area contributed by atoms with Crippen LogP contribution in [0.2, 0.25) is 0 Å². The fraction of sp³-hybridized carbons (Fsp3) is 0.467. The minimum absolute atomic E-state index is 0.125. The Labute approximate surface area is 119 Å². The third-order valence-electron chi connectivity index (χ3n) is 3.33. The van der Waals surface area contributed by atoms with Crippen LogP contribution >= 0.6 is 0 Å². The molecule has 0 fully saturated rings. The van der Waals surface area contributed by atoms with Gasteiger partial charge in [0, 0.05) is 12.1 Å². The van der Waals surface area contributed by atoms with Gasteiger partial charge >= 0.3 is 0 Å². The summed E-state index contributed by atoms with van der Waals surface area (Å²) in [5, 5.41) is 4.08. The summed E-state index contributed by atoms with van der Waals surface area (Å²) in [4.78, 5) is 6.62. The summed E-state index contributed by atoms with van der Waals surface area (Å²) >= 11 is 0. The van der Waals surface area contributed by atoms with Gasteiger partial charge in [-0.15, -0.1) is 0 Å². The number of hydrogen-bond acceptors (Lipinski definition) is 5. The van der Waals surface area contributed by atoms with Gasteiger partial charge in [-0.05, 0) is 25.6 Å². The van der Waals surface area contributed by atoms with Crippen LogP contribution in [0.15, 0.2) is 28.8 Å². The normalized spacial score (nSPS) is 13.2. The first kappa shape index (κ1) is 14.7. The van der Waals surface area contributed by atoms with Gasteiger partial charge in [-0.1, -0.05) is 43.3 Å². The molecule has 1 aromatic carbocycles. The molecule has 0 aliphatic heterocycles. The molecule has 1 aromatic heterocycles. The Hall–Kier alpha value is -1.72. The molecule has 0 aliphatic carbocycles. The summed E-state index contributed by atoms with van der Waals surface area (Å²) in [5.74, 6) is 1.68. The lowest BCUT2D eigenvalue weighted by Crippen LogP contribution is -2.24. The minimum Gasteiger partial charge on any atom is -0.337 e. The summed E-state index contributed by atoms with van der Waals surface area (Å²) in [6, 6.07) is 8.03. The Morgan fingerprint density at radius 2 is 1.85 bits per heavy atom. The largest absolute Gasteiger partial charge is 0.337 e. The second-order valence-corrected chi connectivity index (χ2v) is 5.51. The van der Waals surface area contributed by atoms with Crippen molar-refractivity contribution in [2.45, 2.75) is 26.4 Å². The van der Waals surface area contributed by atoms with Crippen LogP contribution in [0.4, 0.5) is 0 Å². The molecule has 1 unspecified atom stereocenters. The van der Waals surface area contributed by atoms with Gasteiger partial charge in [0.1, 0.15) is 0 Å². The zero-order valence-electron chi connectivity index (χ0n) is 12.5. The van der Waals surface area contributed by atoms with E-state index in [1.165, 1.54) is 0 Å². The summed E-state index contributed by atoms with van der Waals surface area (Å²) in [6.45, 7) is 4.82. The highest BCUT2D eigenvalue weighted by atomic mass is 16.5. The van der Waals surface area contributed by atoms with Crippen molar-refractivity contribution in [2.75, 3.05) is 14.1 Å². The van der Waals surface area contributed by atoms with Crippen molar-refractivity contribution in [1.29, 1.82) is 0 Å². The van der Waals surface area contributed by atoms with Crippen LogP contribution in [-0.4, -0.2) is 29.1 Å². The molecule has 20 heavy (non-hydrogen) atoms. The molecular weight excluding hydrogens is 252 g/mol. The summed E-state index contributed by atoms with van der Waals surface area (Å²) < 4.78 is 5.43. The van der Waals surface area contributed by atoms with Crippen molar-refractivity contribution in [1.82, 2.24) is 15.0 Å². The number of rotatable bonds is 5. The molecule has 1 heterocycles. The van der Waals surface area contributed by atoms with E-state index in [-0.39, 0.29) is 6.04 Å². The molecule has 0 bridgehead atoms. The highest BCUT2D eigenvalue weighted by Gasteiger charge is 2.24. The number of hydrogen-bond donors (Lipinski definition) is 1. The van der Waals surface area contributed by atoms with Crippen LogP contribution in [0.3, 0.4) is 0 Å². The minimum atomic E-state index is 0.125. The number of benzene rings is 1. The number of nitrogens with two attached hydrogens (primary N) is 1. The Morgan fingerprint density at radius 1 is 1.20 bits per heavy atom. The van der Waals surface area contributed by atoms with Gasteiger partial charge < -0.3 is 10.3 Å². The molecule has 5 nitrogen and oxygen atoms in total. The average molecular weight is 274 g/mol. The molecule has 1 atom stereocenters. The summed E-state index contributed by atoms with van der Waals surface area (Å²) in [7, 11) is 4.04. The molecule has 2 N–H and O–H groups in total. The SMILES string of the molecule is CC(C)C(c1nc(-c2ccc(CN)cc2)no1)N(C)C. The number of nitrogens with zero attached hydrogens (tertiary/aromatic N) is 3. The molecule has 0 saturated heterocycles. The average Bonchev–Trinajstić information content (AvgIpc) is 2.87. The first-order chi connectivity index (χ1) is 9.52. The fourth-order valence-electron chi connectivity index (χ4n) is 2.36. The van der Waals surface area contributed by atoms with Crippen LogP contribution < -0.4 is 5.73 Å². The lowest BCUT2D eigenvalue weighted by Gasteiger charge is -2.23. The van der Waals surface area contributed by atoms with Gasteiger partial charge in [-0.3, -0.25) is 4.90 Å². The van der Waals surface area contributed by atoms with E-state index in [2.05, 4.69) is 28.9 Å². The van der Waals surface area contributed by atoms with Gasteiger partial charge in [0.25, 0.3) is 0 Å². The van der Waals surface area contributed by atoms with Crippen molar-refractivity contribution in [2.24, 2.45) is 11.7 Å². The molecule has 0 amide bonds. The molecule has 0 aliphatic rings. The fourth-order valence-corrected chi connectivity index (χ4v) is 2.36. The maximum absolute atomic E-state index is 5.59. The highest BCUT2D eigenvalue weighted by molar-refractivity contribution is 5.54. The molecule has 0 spiro atoms. The Morgan fingerprint density at radius 3 is 2.35 bits per heavy atom. The predicted molar refractivity (Wildman–Crippen MR) is 78.9 cm³/mol. The van der Waals surface area contributed by atoms with Crippen LogP contribution in [0, 0.1) is 5.92 Å². The smallest absolute Gasteiger partial charge is 0.244 e. The third kappa shape index (κ3) is 3.05. The Balaban J connectivity index is 2.27. The van der Waals surface area contributed by atoms with E-state index in [0.29, 0.717) is 24.2 Å². The third-order valence-corrected chi connectivity index (χ3v) is 3.33. The lowest BCUT2D eigenvalue weighted by atomic mass is 10.0. The van der Waals surface area contributed by atoms with E-state index in [1.54, 1.807) is 0 Å². The standard InChI is InChI=1S/C15H22N4O/c1-10(2)13(19(3)4)15-17-14(18-20-15)12-7-5-11(9-16)6-8-12/h5-8,10,13H,9,16H2,1-4H3. The summed E-state index contributed by atoms with van der Waals surface area (Å²) in [6.07, 6.45) is 0. The van der Waals surface area contributed by atoms with E-state index in [0.717, 1.165) is 11.1 Å². The monoisotopic (exact) mass is 274 g/mol. The second kappa shape index (κ2) is 6.15. The molecular formula is C15H22N4O. The molecule has 5 heteroatoms. The highest BCUT2D eigenvalue weighted by Crippen LogP contribution is 2.27. The van der Waals surface area contributed by atoms with Crippen molar-refractivity contribution < 1.29 is 4.52 Å². The van der Waals surface area contributed by atoms with Crippen LogP contribution in [0.5, 0.6) is 0 Å². The summed E-state index contributed by atoms with van der Waals surface area (Å²) in [5.41, 5.74) is 7.63. The van der Waals surface area contributed by atoms with E-state index in [9.17, 15) is 0 Å². The van der Waals surface area contributed by atoms with E-state index in [1.807, 2.05) is 38.4 Å². The zero-order valence-corrected chi connectivity index (χ0v) is 12.5. The van der Waals surface area contributed by atoms with Gasteiger partial charge in [-0.25, -0.2) is 0 Å². The maximum atomic E-state index is 5.59. The van der Waals surface area contributed by atoms with E-state index in [4.69, 9.17) is 10.3 Å². The zero-order chi connectivity index (χ0) is 14.7. The quantitative estimate of drug-likeness (QED) is 0.907. The molecule has 2 aromatic rings. The van der Waals surface area contributed by atoms with Crippen LogP contribution in [0.25, 0.3) is 11.4 Å². The molecule has 0 radical (unpaired) electrons. The lowest BCUT2D eigenvalue weighted by molar-refractivity contribution is 0.181. The van der Waals surface area contributed by atoms with Crippen molar-refractivity contribution >= 4 is 0 Å². The maximum Gasteiger partial charge on any atom is 0.244 e. The van der Waals surface area contributed by atoms with Crippen LogP contribution in [0.1, 0.15) is 31.3 Å². The van der Waals surface area contributed by atoms with Crippen molar-refractivity contribution in [3.63, 3.8) is 0 Å². The van der Waals surface area contributed by atoms with E-state index < -0.39 is 0 Å². The van der Waals surface area contributed by atoms with E-state index >= 15 is 0 Å². The predicted octanol–water partition coefficient (Wildman–Crippen LogP) is 2.45. The molecule has 108 valence electrons. The molecule has 2 rings (SSSR count). The Kier molecular flexibility index (Phi) is 4.52. The molecule has 0 saturated carbocycles. The topological polar surface area (TPSA) is 68.2 Å². The first-order valence-corrected chi connectivity index (χ1v) is 6.82. The van der Waals surface area contributed by atoms with Gasteiger partial charge in [0.2, 0.25) is 11.7 Å². The Bertz CT molecular complexity index is 537.